The number of piperidine rings is 1. The SMILES string of the molecule is COc1ccc(CNC(=O)[C@H]2CCCN(S(=O)(=O)c3cc(Cl)ccc3OC)C2)cc1. The Hall–Kier alpha value is -2.29. The minimum Gasteiger partial charge on any atom is -0.497 e. The van der Waals surface area contributed by atoms with Crippen LogP contribution in [0.4, 0.5) is 0 Å². The van der Waals surface area contributed by atoms with E-state index in [4.69, 9.17) is 21.1 Å². The normalized spacial score (nSPS) is 17.4. The van der Waals surface area contributed by atoms with Crippen LogP contribution in [0, 0.1) is 5.92 Å². The van der Waals surface area contributed by atoms with Gasteiger partial charge in [-0.25, -0.2) is 8.42 Å². The van der Waals surface area contributed by atoms with Crippen LogP contribution in [-0.4, -0.2) is 45.9 Å². The van der Waals surface area contributed by atoms with Gasteiger partial charge in [-0.05, 0) is 48.7 Å². The van der Waals surface area contributed by atoms with Crippen LogP contribution in [0.1, 0.15) is 18.4 Å². The summed E-state index contributed by atoms with van der Waals surface area (Å²) in [5, 5.41) is 3.21. The molecule has 1 fully saturated rings. The van der Waals surface area contributed by atoms with Gasteiger partial charge in [0.1, 0.15) is 16.4 Å². The Kier molecular flexibility index (Phi) is 7.23. The number of carbonyl (C=O) groups is 1. The number of halogens is 1. The van der Waals surface area contributed by atoms with Crippen molar-refractivity contribution in [2.45, 2.75) is 24.3 Å². The van der Waals surface area contributed by atoms with Gasteiger partial charge in [0, 0.05) is 24.7 Å². The van der Waals surface area contributed by atoms with Gasteiger partial charge >= 0.3 is 0 Å². The van der Waals surface area contributed by atoms with Gasteiger partial charge in [-0.15, -0.1) is 0 Å². The van der Waals surface area contributed by atoms with Crippen molar-refractivity contribution in [1.82, 2.24) is 9.62 Å². The Morgan fingerprint density at radius 3 is 2.57 bits per heavy atom. The van der Waals surface area contributed by atoms with E-state index in [1.165, 1.54) is 23.5 Å². The highest BCUT2D eigenvalue weighted by atomic mass is 35.5. The number of nitrogens with one attached hydrogen (secondary N) is 1. The second-order valence-corrected chi connectivity index (χ2v) is 9.41. The second-order valence-electron chi connectivity index (χ2n) is 7.06. The summed E-state index contributed by atoms with van der Waals surface area (Å²) in [5.74, 6) is 0.390. The minimum absolute atomic E-state index is 0.0109. The van der Waals surface area contributed by atoms with Crippen molar-refractivity contribution < 1.29 is 22.7 Å². The molecule has 1 atom stereocenters. The van der Waals surface area contributed by atoms with E-state index in [0.717, 1.165) is 11.3 Å². The highest BCUT2D eigenvalue weighted by molar-refractivity contribution is 7.89. The van der Waals surface area contributed by atoms with Gasteiger partial charge in [0.25, 0.3) is 0 Å². The Bertz CT molecular complexity index is 995. The number of methoxy groups -OCH3 is 2. The highest BCUT2D eigenvalue weighted by Gasteiger charge is 2.34. The van der Waals surface area contributed by atoms with E-state index >= 15 is 0 Å². The summed E-state index contributed by atoms with van der Waals surface area (Å²) in [6, 6.07) is 11.9. The van der Waals surface area contributed by atoms with E-state index < -0.39 is 15.9 Å². The Balaban J connectivity index is 1.68. The number of benzene rings is 2. The summed E-state index contributed by atoms with van der Waals surface area (Å²) in [7, 11) is -0.832. The predicted octanol–water partition coefficient (Wildman–Crippen LogP) is 3.07. The van der Waals surface area contributed by atoms with Crippen molar-refractivity contribution in [1.29, 1.82) is 0 Å². The molecule has 2 aromatic carbocycles. The van der Waals surface area contributed by atoms with Crippen molar-refractivity contribution in [2.24, 2.45) is 5.92 Å². The van der Waals surface area contributed by atoms with Crippen LogP contribution in [0.2, 0.25) is 5.02 Å². The largest absolute Gasteiger partial charge is 0.497 e. The Morgan fingerprint density at radius 2 is 1.90 bits per heavy atom. The number of nitrogens with zero attached hydrogens (tertiary/aromatic N) is 1. The maximum Gasteiger partial charge on any atom is 0.246 e. The number of sulfonamides is 1. The molecule has 0 aromatic heterocycles. The molecule has 0 bridgehead atoms. The molecular weight excluding hydrogens is 428 g/mol. The molecule has 0 unspecified atom stereocenters. The lowest BCUT2D eigenvalue weighted by atomic mass is 9.99. The van der Waals surface area contributed by atoms with E-state index in [9.17, 15) is 13.2 Å². The quantitative estimate of drug-likeness (QED) is 0.697. The lowest BCUT2D eigenvalue weighted by Gasteiger charge is -2.31. The van der Waals surface area contributed by atoms with E-state index in [2.05, 4.69) is 5.32 Å². The number of amides is 1. The number of ether oxygens (including phenoxy) is 2. The molecule has 1 amide bonds. The van der Waals surface area contributed by atoms with E-state index in [1.54, 1.807) is 13.2 Å². The molecule has 0 saturated carbocycles. The van der Waals surface area contributed by atoms with Gasteiger partial charge in [0.15, 0.2) is 0 Å². The van der Waals surface area contributed by atoms with Gasteiger partial charge in [0.05, 0.1) is 20.1 Å². The average Bonchev–Trinajstić information content (AvgIpc) is 2.77. The van der Waals surface area contributed by atoms with Crippen molar-refractivity contribution >= 4 is 27.5 Å². The molecule has 1 saturated heterocycles. The maximum atomic E-state index is 13.2. The van der Waals surface area contributed by atoms with Crippen LogP contribution in [-0.2, 0) is 21.4 Å². The van der Waals surface area contributed by atoms with Crippen molar-refractivity contribution in [3.8, 4) is 11.5 Å². The lowest BCUT2D eigenvalue weighted by molar-refractivity contribution is -0.126. The molecule has 1 aliphatic rings. The molecule has 9 heteroatoms. The van der Waals surface area contributed by atoms with Gasteiger partial charge in [-0.1, -0.05) is 23.7 Å². The molecule has 1 N–H and O–H groups in total. The first-order valence-corrected chi connectivity index (χ1v) is 11.4. The zero-order valence-corrected chi connectivity index (χ0v) is 18.5. The maximum absolute atomic E-state index is 13.2. The summed E-state index contributed by atoms with van der Waals surface area (Å²) in [4.78, 5) is 12.7. The lowest BCUT2D eigenvalue weighted by Crippen LogP contribution is -2.45. The van der Waals surface area contributed by atoms with Crippen molar-refractivity contribution in [3.63, 3.8) is 0 Å². The zero-order valence-electron chi connectivity index (χ0n) is 16.9. The zero-order chi connectivity index (χ0) is 21.7. The second kappa shape index (κ2) is 9.68. The summed E-state index contributed by atoms with van der Waals surface area (Å²) < 4.78 is 38.0. The molecule has 2 aromatic rings. The molecule has 7 nitrogen and oxygen atoms in total. The summed E-state index contributed by atoms with van der Waals surface area (Å²) in [6.45, 7) is 0.834. The molecule has 3 rings (SSSR count). The third-order valence-corrected chi connectivity index (χ3v) is 7.25. The summed E-state index contributed by atoms with van der Waals surface area (Å²) >= 11 is 6.01. The number of hydrogen-bond acceptors (Lipinski definition) is 5. The first-order valence-electron chi connectivity index (χ1n) is 9.59. The van der Waals surface area contributed by atoms with Crippen molar-refractivity contribution in [3.05, 3.63) is 53.1 Å². The first-order chi connectivity index (χ1) is 14.3. The molecule has 1 aliphatic heterocycles. The van der Waals surface area contributed by atoms with Crippen LogP contribution < -0.4 is 14.8 Å². The van der Waals surface area contributed by atoms with Gasteiger partial charge in [-0.2, -0.15) is 4.31 Å². The minimum atomic E-state index is -3.84. The first kappa shape index (κ1) is 22.4. The third kappa shape index (κ3) is 5.06. The number of hydrogen-bond donors (Lipinski definition) is 1. The van der Waals surface area contributed by atoms with E-state index in [1.807, 2.05) is 24.3 Å². The fraction of sp³-hybridized carbons (Fsp3) is 0.381. The van der Waals surface area contributed by atoms with Crippen LogP contribution in [0.25, 0.3) is 0 Å². The smallest absolute Gasteiger partial charge is 0.246 e. The van der Waals surface area contributed by atoms with Gasteiger partial charge < -0.3 is 14.8 Å². The number of rotatable bonds is 7. The van der Waals surface area contributed by atoms with Crippen LogP contribution in [0.3, 0.4) is 0 Å². The summed E-state index contributed by atoms with van der Waals surface area (Å²) in [6.07, 6.45) is 1.23. The fourth-order valence-corrected chi connectivity index (χ4v) is 5.38. The number of carbonyl (C=O) groups excluding carboxylic acids is 1. The van der Waals surface area contributed by atoms with Gasteiger partial charge in [0.2, 0.25) is 15.9 Å². The molecule has 162 valence electrons. The monoisotopic (exact) mass is 452 g/mol. The fourth-order valence-electron chi connectivity index (χ4n) is 3.44. The average molecular weight is 453 g/mol. The Labute approximate surface area is 182 Å². The van der Waals surface area contributed by atoms with E-state index in [0.29, 0.717) is 31.0 Å². The standard InChI is InChI=1S/C21H25ClN2O5S/c1-28-18-8-5-15(6-9-18)13-23-21(25)16-4-3-11-24(14-16)30(26,27)20-12-17(22)7-10-19(20)29-2/h5-10,12,16H,3-4,11,13-14H2,1-2H3,(H,23,25)/t16-/m0/s1. The Morgan fingerprint density at radius 1 is 1.17 bits per heavy atom. The van der Waals surface area contributed by atoms with Crippen LogP contribution in [0.5, 0.6) is 11.5 Å². The molecule has 1 heterocycles. The molecule has 30 heavy (non-hydrogen) atoms. The molecular formula is C21H25ClN2O5S. The molecule has 0 aliphatic carbocycles. The highest BCUT2D eigenvalue weighted by Crippen LogP contribution is 2.32. The van der Waals surface area contributed by atoms with Crippen LogP contribution >= 0.6 is 11.6 Å². The summed E-state index contributed by atoms with van der Waals surface area (Å²) in [5.41, 5.74) is 0.938. The third-order valence-electron chi connectivity index (χ3n) is 5.12. The van der Waals surface area contributed by atoms with E-state index in [-0.39, 0.29) is 23.1 Å². The van der Waals surface area contributed by atoms with Gasteiger partial charge in [-0.3, -0.25) is 4.79 Å². The van der Waals surface area contributed by atoms with Crippen LogP contribution in [0.15, 0.2) is 47.4 Å². The topological polar surface area (TPSA) is 84.9 Å². The predicted molar refractivity (Wildman–Crippen MR) is 114 cm³/mol. The molecule has 0 spiro atoms. The molecule has 0 radical (unpaired) electrons. The van der Waals surface area contributed by atoms with Crippen molar-refractivity contribution in [2.75, 3.05) is 27.3 Å².